The third kappa shape index (κ3) is 6.89. The van der Waals surface area contributed by atoms with E-state index in [0.29, 0.717) is 37.9 Å². The minimum absolute atomic E-state index is 0.118. The van der Waals surface area contributed by atoms with Crippen LogP contribution in [0.3, 0.4) is 0 Å². The molecular weight excluding hydrogens is 449 g/mol. The molecule has 188 valence electrons. The molecule has 8 heteroatoms. The van der Waals surface area contributed by atoms with E-state index in [2.05, 4.69) is 4.90 Å². The highest BCUT2D eigenvalue weighted by atomic mass is 19.1. The van der Waals surface area contributed by atoms with Crippen LogP contribution in [-0.2, 0) is 23.1 Å². The van der Waals surface area contributed by atoms with Gasteiger partial charge in [0.2, 0.25) is 5.88 Å². The summed E-state index contributed by atoms with van der Waals surface area (Å²) in [5.74, 6) is 0.781. The molecule has 0 radical (unpaired) electrons. The third-order valence-electron chi connectivity index (χ3n) is 6.01. The van der Waals surface area contributed by atoms with Gasteiger partial charge in [-0.25, -0.2) is 9.07 Å². The molecule has 0 amide bonds. The molecule has 1 fully saturated rings. The molecule has 1 N–H and O–H groups in total. The average molecular weight is 484 g/mol. The number of rotatable bonds is 12. The molecule has 3 aromatic rings. The summed E-state index contributed by atoms with van der Waals surface area (Å²) >= 11 is 0. The number of hydrogen-bond donors (Lipinski definition) is 1. The highest BCUT2D eigenvalue weighted by Crippen LogP contribution is 2.34. The van der Waals surface area contributed by atoms with Gasteiger partial charge in [-0.05, 0) is 44.0 Å². The predicted molar refractivity (Wildman–Crippen MR) is 132 cm³/mol. The van der Waals surface area contributed by atoms with Crippen molar-refractivity contribution in [3.05, 3.63) is 66.0 Å². The summed E-state index contributed by atoms with van der Waals surface area (Å²) in [4.78, 5) is 2.18. The van der Waals surface area contributed by atoms with Crippen LogP contribution < -0.4 is 4.74 Å². The summed E-state index contributed by atoms with van der Waals surface area (Å²) < 4.78 is 32.7. The monoisotopic (exact) mass is 483 g/mol. The minimum Gasteiger partial charge on any atom is -0.439 e. The number of ether oxygens (including phenoxy) is 3. The van der Waals surface area contributed by atoms with Gasteiger partial charge in [-0.1, -0.05) is 30.3 Å². The standard InChI is InChI=1S/C27H34FN3O4/c1-3-33-19-22(32)16-31(17-24-10-7-15-34-24)18-25-26(20-8-5-4-6-9-20)29-30(2)27(25)35-23-13-11-21(28)12-14-23/h4-6,8-9,11-14,22,24,32H,3,7,10,15-19H2,1-2H3/t22-,24-/m1/s1. The van der Waals surface area contributed by atoms with E-state index in [-0.39, 0.29) is 18.5 Å². The average Bonchev–Trinajstić information content (AvgIpc) is 3.48. The van der Waals surface area contributed by atoms with Gasteiger partial charge < -0.3 is 19.3 Å². The van der Waals surface area contributed by atoms with E-state index in [1.807, 2.05) is 44.3 Å². The molecule has 1 saturated heterocycles. The smallest absolute Gasteiger partial charge is 0.222 e. The Bertz CT molecular complexity index is 1050. The van der Waals surface area contributed by atoms with Crippen LogP contribution in [0.4, 0.5) is 4.39 Å². The summed E-state index contributed by atoms with van der Waals surface area (Å²) in [6, 6.07) is 15.9. The number of nitrogens with zero attached hydrogens (tertiary/aromatic N) is 3. The second-order valence-corrected chi connectivity index (χ2v) is 8.82. The molecule has 1 aromatic heterocycles. The molecule has 0 bridgehead atoms. The molecule has 2 atom stereocenters. The lowest BCUT2D eigenvalue weighted by molar-refractivity contribution is 0.00505. The minimum atomic E-state index is -0.630. The summed E-state index contributed by atoms with van der Waals surface area (Å²) in [7, 11) is 1.84. The highest BCUT2D eigenvalue weighted by molar-refractivity contribution is 5.65. The third-order valence-corrected chi connectivity index (χ3v) is 6.01. The summed E-state index contributed by atoms with van der Waals surface area (Å²) in [6.07, 6.45) is 1.53. The maximum atomic E-state index is 13.5. The fourth-order valence-corrected chi connectivity index (χ4v) is 4.37. The van der Waals surface area contributed by atoms with Crippen molar-refractivity contribution in [2.24, 2.45) is 7.05 Å². The number of aryl methyl sites for hydroxylation is 1. The topological polar surface area (TPSA) is 69.0 Å². The zero-order valence-electron chi connectivity index (χ0n) is 20.4. The van der Waals surface area contributed by atoms with Crippen molar-refractivity contribution in [3.8, 4) is 22.9 Å². The Morgan fingerprint density at radius 1 is 1.20 bits per heavy atom. The van der Waals surface area contributed by atoms with E-state index in [9.17, 15) is 9.50 Å². The molecule has 35 heavy (non-hydrogen) atoms. The van der Waals surface area contributed by atoms with Crippen LogP contribution in [0.5, 0.6) is 11.6 Å². The summed E-state index contributed by atoms with van der Waals surface area (Å²) in [6.45, 7) is 5.12. The Labute approximate surface area is 206 Å². The van der Waals surface area contributed by atoms with Gasteiger partial charge in [0.15, 0.2) is 0 Å². The van der Waals surface area contributed by atoms with E-state index in [4.69, 9.17) is 19.3 Å². The fourth-order valence-electron chi connectivity index (χ4n) is 4.37. The van der Waals surface area contributed by atoms with E-state index < -0.39 is 6.10 Å². The van der Waals surface area contributed by atoms with Gasteiger partial charge >= 0.3 is 0 Å². The van der Waals surface area contributed by atoms with Crippen LogP contribution in [0.1, 0.15) is 25.3 Å². The lowest BCUT2D eigenvalue weighted by Crippen LogP contribution is -2.39. The molecule has 4 rings (SSSR count). The normalized spacial score (nSPS) is 16.7. The van der Waals surface area contributed by atoms with Crippen molar-refractivity contribution >= 4 is 0 Å². The van der Waals surface area contributed by atoms with Crippen LogP contribution in [0.25, 0.3) is 11.3 Å². The van der Waals surface area contributed by atoms with Crippen LogP contribution in [0, 0.1) is 5.82 Å². The number of aliphatic hydroxyl groups is 1. The maximum absolute atomic E-state index is 13.5. The number of aliphatic hydroxyl groups excluding tert-OH is 1. The second kappa shape index (κ2) is 12.3. The molecule has 0 unspecified atom stereocenters. The van der Waals surface area contributed by atoms with Gasteiger partial charge in [-0.3, -0.25) is 4.90 Å². The Kier molecular flexibility index (Phi) is 8.87. The predicted octanol–water partition coefficient (Wildman–Crippen LogP) is 4.40. The van der Waals surface area contributed by atoms with E-state index in [0.717, 1.165) is 36.3 Å². The van der Waals surface area contributed by atoms with Crippen molar-refractivity contribution < 1.29 is 23.7 Å². The van der Waals surface area contributed by atoms with Crippen LogP contribution in [0.2, 0.25) is 0 Å². The van der Waals surface area contributed by atoms with Gasteiger partial charge in [0.05, 0.1) is 24.4 Å². The van der Waals surface area contributed by atoms with Gasteiger partial charge in [0, 0.05) is 45.5 Å². The number of halogens is 1. The Hall–Kier alpha value is -2.78. The lowest BCUT2D eigenvalue weighted by atomic mass is 10.1. The largest absolute Gasteiger partial charge is 0.439 e. The Balaban J connectivity index is 1.66. The molecule has 0 spiro atoms. The SMILES string of the molecule is CCOC[C@H](O)CN(Cc1c(-c2ccccc2)nn(C)c1Oc1ccc(F)cc1)C[C@H]1CCCO1. The van der Waals surface area contributed by atoms with Gasteiger partial charge in [0.25, 0.3) is 0 Å². The molecular formula is C27H34FN3O4. The van der Waals surface area contributed by atoms with E-state index in [1.165, 1.54) is 12.1 Å². The maximum Gasteiger partial charge on any atom is 0.222 e. The van der Waals surface area contributed by atoms with E-state index >= 15 is 0 Å². The fraction of sp³-hybridized carbons (Fsp3) is 0.444. The second-order valence-electron chi connectivity index (χ2n) is 8.82. The molecule has 2 aromatic carbocycles. The Morgan fingerprint density at radius 2 is 1.97 bits per heavy atom. The van der Waals surface area contributed by atoms with Crippen molar-refractivity contribution in [1.82, 2.24) is 14.7 Å². The Morgan fingerprint density at radius 3 is 2.66 bits per heavy atom. The van der Waals surface area contributed by atoms with Crippen LogP contribution in [-0.4, -0.2) is 64.9 Å². The number of hydrogen-bond acceptors (Lipinski definition) is 6. The van der Waals surface area contributed by atoms with Gasteiger partial charge in [0.1, 0.15) is 17.3 Å². The lowest BCUT2D eigenvalue weighted by Gasteiger charge is -2.27. The first-order valence-corrected chi connectivity index (χ1v) is 12.2. The number of benzene rings is 2. The summed E-state index contributed by atoms with van der Waals surface area (Å²) in [5, 5.41) is 15.4. The first-order chi connectivity index (χ1) is 17.0. The van der Waals surface area contributed by atoms with Crippen LogP contribution >= 0.6 is 0 Å². The van der Waals surface area contributed by atoms with Crippen molar-refractivity contribution in [1.29, 1.82) is 0 Å². The molecule has 0 aliphatic carbocycles. The van der Waals surface area contributed by atoms with E-state index in [1.54, 1.807) is 16.8 Å². The first-order valence-electron chi connectivity index (χ1n) is 12.2. The molecule has 1 aliphatic rings. The van der Waals surface area contributed by atoms with Crippen molar-refractivity contribution in [2.45, 2.75) is 38.5 Å². The zero-order chi connectivity index (χ0) is 24.6. The van der Waals surface area contributed by atoms with Crippen molar-refractivity contribution in [2.75, 3.05) is 32.9 Å². The molecule has 2 heterocycles. The first kappa shape index (κ1) is 25.3. The molecule has 1 aliphatic heterocycles. The quantitative estimate of drug-likeness (QED) is 0.412. The van der Waals surface area contributed by atoms with Crippen molar-refractivity contribution in [3.63, 3.8) is 0 Å². The zero-order valence-corrected chi connectivity index (χ0v) is 20.4. The number of aromatic nitrogens is 2. The van der Waals surface area contributed by atoms with Crippen LogP contribution in [0.15, 0.2) is 54.6 Å². The van der Waals surface area contributed by atoms with Gasteiger partial charge in [-0.2, -0.15) is 5.10 Å². The summed E-state index contributed by atoms with van der Waals surface area (Å²) in [5.41, 5.74) is 2.67. The van der Waals surface area contributed by atoms with Gasteiger partial charge in [-0.15, -0.1) is 0 Å². The molecule has 7 nitrogen and oxygen atoms in total. The highest BCUT2D eigenvalue weighted by Gasteiger charge is 2.26. The molecule has 0 saturated carbocycles.